The summed E-state index contributed by atoms with van der Waals surface area (Å²) in [5.41, 5.74) is 4.05. The van der Waals surface area contributed by atoms with Gasteiger partial charge in [0.25, 0.3) is 0 Å². The predicted octanol–water partition coefficient (Wildman–Crippen LogP) is 3.92. The first-order valence-corrected chi connectivity index (χ1v) is 7.70. The normalized spacial score (nSPS) is 14.9. The topological polar surface area (TPSA) is 38.7 Å². The summed E-state index contributed by atoms with van der Waals surface area (Å²) >= 11 is 3.48. The van der Waals surface area contributed by atoms with Crippen LogP contribution in [-0.4, -0.2) is 18.3 Å². The second kappa shape index (κ2) is 5.70. The van der Waals surface area contributed by atoms with Crippen molar-refractivity contribution in [1.82, 2.24) is 0 Å². The van der Waals surface area contributed by atoms with Crippen molar-refractivity contribution in [2.45, 2.75) is 20.0 Å². The summed E-state index contributed by atoms with van der Waals surface area (Å²) < 4.78 is 12.0. The molecular formula is C17H17BrO3. The maximum absolute atomic E-state index is 10.6. The van der Waals surface area contributed by atoms with Gasteiger partial charge in [-0.15, -0.1) is 0 Å². The Morgan fingerprint density at radius 3 is 2.52 bits per heavy atom. The molecule has 0 aromatic heterocycles. The third-order valence-electron chi connectivity index (χ3n) is 3.78. The summed E-state index contributed by atoms with van der Waals surface area (Å²) in [5, 5.41) is 10.6. The smallest absolute Gasteiger partial charge is 0.175 e. The van der Waals surface area contributed by atoms with E-state index in [4.69, 9.17) is 9.47 Å². The predicted molar refractivity (Wildman–Crippen MR) is 85.1 cm³/mol. The highest BCUT2D eigenvalue weighted by atomic mass is 79.9. The van der Waals surface area contributed by atoms with E-state index in [2.05, 4.69) is 22.9 Å². The van der Waals surface area contributed by atoms with Gasteiger partial charge in [-0.1, -0.05) is 18.2 Å². The molecule has 1 atom stereocenters. The van der Waals surface area contributed by atoms with Crippen molar-refractivity contribution in [3.63, 3.8) is 0 Å². The number of rotatable bonds is 2. The molecule has 1 aliphatic rings. The summed E-state index contributed by atoms with van der Waals surface area (Å²) in [6.07, 6.45) is -0.684. The molecule has 1 heterocycles. The Hall–Kier alpha value is -1.52. The van der Waals surface area contributed by atoms with Gasteiger partial charge in [-0.3, -0.25) is 0 Å². The number of benzene rings is 2. The van der Waals surface area contributed by atoms with Gasteiger partial charge in [0, 0.05) is 0 Å². The lowest BCUT2D eigenvalue weighted by Gasteiger charge is -2.22. The number of aliphatic hydroxyl groups is 1. The highest BCUT2D eigenvalue weighted by Gasteiger charge is 2.20. The Balaban J connectivity index is 1.99. The molecule has 0 spiro atoms. The Labute approximate surface area is 132 Å². The minimum absolute atomic E-state index is 0.530. The van der Waals surface area contributed by atoms with Crippen molar-refractivity contribution in [3.8, 4) is 11.5 Å². The Morgan fingerprint density at radius 2 is 1.76 bits per heavy atom. The first-order chi connectivity index (χ1) is 10.1. The van der Waals surface area contributed by atoms with Crippen LogP contribution in [0.25, 0.3) is 0 Å². The zero-order chi connectivity index (χ0) is 15.0. The summed E-state index contributed by atoms with van der Waals surface area (Å²) in [6.45, 7) is 5.19. The zero-order valence-corrected chi connectivity index (χ0v) is 13.6. The van der Waals surface area contributed by atoms with Gasteiger partial charge in [-0.2, -0.15) is 0 Å². The van der Waals surface area contributed by atoms with Crippen LogP contribution in [0.15, 0.2) is 34.8 Å². The fraction of sp³-hybridized carbons (Fsp3) is 0.294. The Kier molecular flexibility index (Phi) is 3.91. The average Bonchev–Trinajstić information content (AvgIpc) is 2.49. The van der Waals surface area contributed by atoms with Crippen LogP contribution in [0.3, 0.4) is 0 Å². The van der Waals surface area contributed by atoms with Crippen molar-refractivity contribution >= 4 is 15.9 Å². The zero-order valence-electron chi connectivity index (χ0n) is 12.0. The molecule has 1 N–H and O–H groups in total. The minimum Gasteiger partial charge on any atom is -0.486 e. The lowest BCUT2D eigenvalue weighted by Crippen LogP contribution is -2.16. The van der Waals surface area contributed by atoms with Crippen LogP contribution >= 0.6 is 15.9 Å². The fourth-order valence-corrected chi connectivity index (χ4v) is 2.99. The summed E-state index contributed by atoms with van der Waals surface area (Å²) in [6, 6.07) is 9.73. The standard InChI is InChI=1S/C17H17BrO3/c1-10-3-4-12(7-11(10)2)16(19)13-8-14(18)17-15(9-13)20-5-6-21-17/h3-4,7-9,16,19H,5-6H2,1-2H3. The molecule has 0 aliphatic carbocycles. The molecular weight excluding hydrogens is 332 g/mol. The molecule has 3 nitrogen and oxygen atoms in total. The van der Waals surface area contributed by atoms with Crippen molar-refractivity contribution in [2.75, 3.05) is 13.2 Å². The number of aliphatic hydroxyl groups excluding tert-OH is 1. The number of aryl methyl sites for hydroxylation is 2. The second-order valence-corrected chi connectivity index (χ2v) is 6.13. The van der Waals surface area contributed by atoms with E-state index in [1.165, 1.54) is 11.1 Å². The van der Waals surface area contributed by atoms with E-state index < -0.39 is 6.10 Å². The van der Waals surface area contributed by atoms with Crippen LogP contribution in [0.5, 0.6) is 11.5 Å². The Bertz CT molecular complexity index is 682. The van der Waals surface area contributed by atoms with E-state index in [0.29, 0.717) is 24.7 Å². The van der Waals surface area contributed by atoms with Gasteiger partial charge in [-0.05, 0) is 64.2 Å². The maximum Gasteiger partial charge on any atom is 0.175 e. The molecule has 2 aromatic carbocycles. The second-order valence-electron chi connectivity index (χ2n) is 5.27. The van der Waals surface area contributed by atoms with Gasteiger partial charge in [0.1, 0.15) is 19.3 Å². The van der Waals surface area contributed by atoms with E-state index in [9.17, 15) is 5.11 Å². The van der Waals surface area contributed by atoms with Crippen LogP contribution in [0.4, 0.5) is 0 Å². The van der Waals surface area contributed by atoms with E-state index >= 15 is 0 Å². The van der Waals surface area contributed by atoms with Crippen LogP contribution in [-0.2, 0) is 0 Å². The molecule has 2 aromatic rings. The highest BCUT2D eigenvalue weighted by Crippen LogP contribution is 2.40. The molecule has 0 saturated carbocycles. The van der Waals surface area contributed by atoms with E-state index in [-0.39, 0.29) is 0 Å². The third-order valence-corrected chi connectivity index (χ3v) is 4.37. The maximum atomic E-state index is 10.6. The van der Waals surface area contributed by atoms with Gasteiger partial charge in [0.2, 0.25) is 0 Å². The highest BCUT2D eigenvalue weighted by molar-refractivity contribution is 9.10. The van der Waals surface area contributed by atoms with Crippen LogP contribution in [0, 0.1) is 13.8 Å². The number of halogens is 1. The third kappa shape index (κ3) is 2.78. The molecule has 0 bridgehead atoms. The SMILES string of the molecule is Cc1ccc(C(O)c2cc(Br)c3c(c2)OCCO3)cc1C. The lowest BCUT2D eigenvalue weighted by molar-refractivity contribution is 0.168. The van der Waals surface area contributed by atoms with E-state index in [1.807, 2.05) is 37.3 Å². The van der Waals surface area contributed by atoms with Gasteiger partial charge < -0.3 is 14.6 Å². The molecule has 1 unspecified atom stereocenters. The molecule has 0 saturated heterocycles. The van der Waals surface area contributed by atoms with Gasteiger partial charge >= 0.3 is 0 Å². The molecule has 4 heteroatoms. The van der Waals surface area contributed by atoms with Gasteiger partial charge in [0.05, 0.1) is 4.47 Å². The molecule has 1 aliphatic heterocycles. The van der Waals surface area contributed by atoms with E-state index in [1.54, 1.807) is 0 Å². The van der Waals surface area contributed by atoms with Crippen LogP contribution in [0.2, 0.25) is 0 Å². The van der Waals surface area contributed by atoms with Crippen molar-refractivity contribution in [1.29, 1.82) is 0 Å². The number of ether oxygens (including phenoxy) is 2. The van der Waals surface area contributed by atoms with Crippen molar-refractivity contribution in [3.05, 3.63) is 57.1 Å². The van der Waals surface area contributed by atoms with Crippen LogP contribution in [0.1, 0.15) is 28.4 Å². The molecule has 110 valence electrons. The van der Waals surface area contributed by atoms with Crippen LogP contribution < -0.4 is 9.47 Å². The first-order valence-electron chi connectivity index (χ1n) is 6.90. The minimum atomic E-state index is -0.684. The monoisotopic (exact) mass is 348 g/mol. The van der Waals surface area contributed by atoms with Crippen molar-refractivity contribution in [2.24, 2.45) is 0 Å². The Morgan fingerprint density at radius 1 is 1.00 bits per heavy atom. The van der Waals surface area contributed by atoms with Gasteiger partial charge in [0.15, 0.2) is 11.5 Å². The number of hydrogen-bond donors (Lipinski definition) is 1. The summed E-state index contributed by atoms with van der Waals surface area (Å²) in [7, 11) is 0. The molecule has 0 radical (unpaired) electrons. The molecule has 0 amide bonds. The lowest BCUT2D eigenvalue weighted by atomic mass is 9.97. The van der Waals surface area contributed by atoms with Gasteiger partial charge in [-0.25, -0.2) is 0 Å². The average molecular weight is 349 g/mol. The van der Waals surface area contributed by atoms with Crippen molar-refractivity contribution < 1.29 is 14.6 Å². The van der Waals surface area contributed by atoms with E-state index in [0.717, 1.165) is 15.6 Å². The fourth-order valence-electron chi connectivity index (χ4n) is 2.42. The number of fused-ring (bicyclic) bond motifs is 1. The summed E-state index contributed by atoms with van der Waals surface area (Å²) in [4.78, 5) is 0. The molecule has 3 rings (SSSR count). The largest absolute Gasteiger partial charge is 0.486 e. The number of hydrogen-bond acceptors (Lipinski definition) is 3. The first kappa shape index (κ1) is 14.4. The molecule has 21 heavy (non-hydrogen) atoms. The quantitative estimate of drug-likeness (QED) is 0.893. The summed E-state index contributed by atoms with van der Waals surface area (Å²) in [5.74, 6) is 1.38. The molecule has 0 fully saturated rings.